The van der Waals surface area contributed by atoms with Gasteiger partial charge >= 0.3 is 5.56 Å². The third kappa shape index (κ3) is 5.42. The number of aromatic nitrogens is 3. The topological polar surface area (TPSA) is 188 Å². The second-order valence-corrected chi connectivity index (χ2v) is 10.7. The second kappa shape index (κ2) is 10.6. The highest BCUT2D eigenvalue weighted by Gasteiger charge is 2.20. The first-order valence-corrected chi connectivity index (χ1v) is 13.8. The van der Waals surface area contributed by atoms with Crippen molar-refractivity contribution >= 4 is 38.4 Å². The number of sulfonamides is 1. The second-order valence-electron chi connectivity index (χ2n) is 8.26. The summed E-state index contributed by atoms with van der Waals surface area (Å²) in [7, 11) is -2.31. The number of nitrogens with one attached hydrogen (secondary N) is 1. The summed E-state index contributed by atoms with van der Waals surface area (Å²) in [5, 5.41) is 29.6. The number of hydrogen-bond donors (Lipinski definition) is 2. The lowest BCUT2D eigenvalue weighted by molar-refractivity contribution is -0.384. The van der Waals surface area contributed by atoms with E-state index in [0.717, 1.165) is 5.56 Å². The van der Waals surface area contributed by atoms with Crippen molar-refractivity contribution in [1.29, 1.82) is 0 Å². The lowest BCUT2D eigenvalue weighted by atomic mass is 10.1. The standard InChI is InChI=1S/C25H19N7O6S2/c1-38-19-10-4-15(5-11-19)21-14-39-25(27-21)31-24(33)23(22(30-31)16-2-8-18(9-3-16)32(34)35)29-28-17-6-12-20(13-7-17)40(26,36)37/h2-14,30H,1H3,(H2,26,36,37). The van der Waals surface area contributed by atoms with Crippen molar-refractivity contribution in [2.45, 2.75) is 4.90 Å². The number of benzene rings is 3. The van der Waals surface area contributed by atoms with E-state index in [9.17, 15) is 23.3 Å². The SMILES string of the molecule is COc1ccc(-c2csc(-n3[nH]c(-c4ccc([N+](=O)[O-])cc4)c(N=Nc4ccc(S(N)(=O)=O)cc4)c3=O)n2)cc1. The van der Waals surface area contributed by atoms with Gasteiger partial charge in [0.1, 0.15) is 5.75 Å². The number of aromatic amines is 1. The highest BCUT2D eigenvalue weighted by atomic mass is 32.2. The third-order valence-electron chi connectivity index (χ3n) is 5.73. The molecule has 13 nitrogen and oxygen atoms in total. The molecule has 15 heteroatoms. The van der Waals surface area contributed by atoms with Crippen LogP contribution in [0.2, 0.25) is 0 Å². The number of non-ortho nitro benzene ring substituents is 1. The number of azo groups is 1. The molecule has 0 radical (unpaired) electrons. The number of ether oxygens (including phenoxy) is 1. The number of nitrogens with two attached hydrogens (primary N) is 1. The summed E-state index contributed by atoms with van der Waals surface area (Å²) in [4.78, 5) is 28.6. The van der Waals surface area contributed by atoms with E-state index in [1.54, 1.807) is 24.6 Å². The molecule has 0 fully saturated rings. The van der Waals surface area contributed by atoms with Gasteiger partial charge in [-0.2, -0.15) is 9.80 Å². The molecular formula is C25H19N7O6S2. The fourth-order valence-electron chi connectivity index (χ4n) is 3.68. The average molecular weight is 578 g/mol. The van der Waals surface area contributed by atoms with Gasteiger partial charge in [0.25, 0.3) is 5.69 Å². The van der Waals surface area contributed by atoms with E-state index in [0.29, 0.717) is 22.1 Å². The minimum absolute atomic E-state index is 0.0782. The number of methoxy groups -OCH3 is 1. The number of rotatable bonds is 8. The van der Waals surface area contributed by atoms with Crippen molar-refractivity contribution in [1.82, 2.24) is 14.8 Å². The first kappa shape index (κ1) is 26.6. The molecule has 40 heavy (non-hydrogen) atoms. The van der Waals surface area contributed by atoms with Gasteiger partial charge in [0.2, 0.25) is 15.2 Å². The van der Waals surface area contributed by atoms with Gasteiger partial charge in [-0.1, -0.05) is 0 Å². The maximum atomic E-state index is 13.5. The van der Waals surface area contributed by atoms with Crippen molar-refractivity contribution < 1.29 is 18.1 Å². The molecule has 0 atom stereocenters. The van der Waals surface area contributed by atoms with Crippen LogP contribution < -0.4 is 15.4 Å². The van der Waals surface area contributed by atoms with E-state index in [4.69, 9.17) is 9.88 Å². The molecule has 0 amide bonds. The van der Waals surface area contributed by atoms with Crippen LogP contribution in [0.3, 0.4) is 0 Å². The van der Waals surface area contributed by atoms with Gasteiger partial charge in [-0.3, -0.25) is 20.0 Å². The first-order chi connectivity index (χ1) is 19.1. The first-order valence-electron chi connectivity index (χ1n) is 11.4. The Balaban J connectivity index is 1.56. The van der Waals surface area contributed by atoms with E-state index in [1.807, 2.05) is 12.1 Å². The van der Waals surface area contributed by atoms with Crippen LogP contribution in [0.25, 0.3) is 27.6 Å². The molecule has 0 saturated carbocycles. The molecular weight excluding hydrogens is 558 g/mol. The number of hydrogen-bond acceptors (Lipinski definition) is 10. The molecule has 0 aliphatic rings. The Hall–Kier alpha value is -4.99. The van der Waals surface area contributed by atoms with E-state index in [2.05, 4.69) is 20.3 Å². The van der Waals surface area contributed by atoms with Crippen molar-refractivity contribution in [3.63, 3.8) is 0 Å². The lowest BCUT2D eigenvalue weighted by Crippen LogP contribution is -2.13. The third-order valence-corrected chi connectivity index (χ3v) is 7.49. The molecule has 202 valence electrons. The summed E-state index contributed by atoms with van der Waals surface area (Å²) in [6, 6.07) is 18.2. The van der Waals surface area contributed by atoms with Gasteiger partial charge in [-0.25, -0.2) is 18.5 Å². The van der Waals surface area contributed by atoms with Crippen LogP contribution in [-0.2, 0) is 10.0 Å². The number of nitro benzene ring substituents is 1. The van der Waals surface area contributed by atoms with Crippen LogP contribution in [0, 0.1) is 10.1 Å². The number of nitro groups is 1. The molecule has 2 aromatic heterocycles. The summed E-state index contributed by atoms with van der Waals surface area (Å²) < 4.78 is 29.4. The van der Waals surface area contributed by atoms with Crippen LogP contribution in [0.1, 0.15) is 0 Å². The van der Waals surface area contributed by atoms with Crippen molar-refractivity contribution in [2.75, 3.05) is 7.11 Å². The summed E-state index contributed by atoms with van der Waals surface area (Å²) in [5.74, 6) is 0.696. The Kier molecular flexibility index (Phi) is 7.08. The van der Waals surface area contributed by atoms with E-state index >= 15 is 0 Å². The molecule has 0 aliphatic carbocycles. The van der Waals surface area contributed by atoms with Gasteiger partial charge in [-0.15, -0.1) is 16.5 Å². The maximum absolute atomic E-state index is 13.5. The van der Waals surface area contributed by atoms with Gasteiger partial charge in [0, 0.05) is 28.6 Å². The summed E-state index contributed by atoms with van der Waals surface area (Å²) in [5.41, 5.74) is 1.68. The molecule has 0 saturated heterocycles. The van der Waals surface area contributed by atoms with Gasteiger partial charge in [0.15, 0.2) is 5.69 Å². The van der Waals surface area contributed by atoms with E-state index in [1.165, 1.54) is 64.5 Å². The normalized spacial score (nSPS) is 11.7. The van der Waals surface area contributed by atoms with Crippen LogP contribution in [0.5, 0.6) is 5.75 Å². The lowest BCUT2D eigenvalue weighted by Gasteiger charge is -2.01. The quantitative estimate of drug-likeness (QED) is 0.148. The summed E-state index contributed by atoms with van der Waals surface area (Å²) in [6.07, 6.45) is 0. The zero-order chi connectivity index (χ0) is 28.4. The molecule has 3 aromatic carbocycles. The number of thiazole rings is 1. The maximum Gasteiger partial charge on any atom is 0.301 e. The average Bonchev–Trinajstić information content (AvgIpc) is 3.56. The van der Waals surface area contributed by atoms with Crippen LogP contribution in [0.4, 0.5) is 17.1 Å². The zero-order valence-corrected chi connectivity index (χ0v) is 22.2. The number of H-pyrrole nitrogens is 1. The van der Waals surface area contributed by atoms with Crippen molar-refractivity contribution in [2.24, 2.45) is 15.4 Å². The fourth-order valence-corrected chi connectivity index (χ4v) is 4.98. The smallest absolute Gasteiger partial charge is 0.301 e. The largest absolute Gasteiger partial charge is 0.497 e. The molecule has 2 heterocycles. The highest BCUT2D eigenvalue weighted by Crippen LogP contribution is 2.31. The Morgan fingerprint density at radius 1 is 1.00 bits per heavy atom. The summed E-state index contributed by atoms with van der Waals surface area (Å²) >= 11 is 1.22. The Bertz CT molecular complexity index is 1890. The Morgan fingerprint density at radius 3 is 2.25 bits per heavy atom. The Labute approximate surface area is 230 Å². The molecule has 0 spiro atoms. The van der Waals surface area contributed by atoms with Crippen molar-refractivity contribution in [3.8, 4) is 33.4 Å². The molecule has 3 N–H and O–H groups in total. The number of primary sulfonamides is 1. The van der Waals surface area contributed by atoms with Gasteiger partial charge < -0.3 is 4.74 Å². The predicted molar refractivity (Wildman–Crippen MR) is 148 cm³/mol. The monoisotopic (exact) mass is 577 g/mol. The summed E-state index contributed by atoms with van der Waals surface area (Å²) in [6.45, 7) is 0. The minimum Gasteiger partial charge on any atom is -0.497 e. The zero-order valence-electron chi connectivity index (χ0n) is 20.6. The van der Waals surface area contributed by atoms with Crippen LogP contribution in [-0.4, -0.2) is 35.2 Å². The van der Waals surface area contributed by atoms with E-state index in [-0.39, 0.29) is 27.7 Å². The van der Waals surface area contributed by atoms with Gasteiger partial charge in [-0.05, 0) is 60.7 Å². The molecule has 0 unspecified atom stereocenters. The van der Waals surface area contributed by atoms with E-state index < -0.39 is 20.5 Å². The van der Waals surface area contributed by atoms with Crippen LogP contribution >= 0.6 is 11.3 Å². The predicted octanol–water partition coefficient (Wildman–Crippen LogP) is 4.94. The molecule has 0 aliphatic heterocycles. The Morgan fingerprint density at radius 2 is 1.65 bits per heavy atom. The molecule has 0 bridgehead atoms. The molecule has 5 aromatic rings. The fraction of sp³-hybridized carbons (Fsp3) is 0.0400. The van der Waals surface area contributed by atoms with Crippen LogP contribution in [0.15, 0.2) is 98.1 Å². The number of nitrogens with zero attached hydrogens (tertiary/aromatic N) is 5. The minimum atomic E-state index is -3.89. The van der Waals surface area contributed by atoms with Crippen molar-refractivity contribution in [3.05, 3.63) is 98.6 Å². The highest BCUT2D eigenvalue weighted by molar-refractivity contribution is 7.89. The molecule has 5 rings (SSSR count). The van der Waals surface area contributed by atoms with Gasteiger partial charge in [0.05, 0.1) is 34.0 Å².